The van der Waals surface area contributed by atoms with Gasteiger partial charge in [0.2, 0.25) is 5.91 Å². The minimum Gasteiger partial charge on any atom is -0.494 e. The number of carbonyl (C=O) groups is 2. The Morgan fingerprint density at radius 1 is 1.25 bits per heavy atom. The molecule has 0 aliphatic carbocycles. The van der Waals surface area contributed by atoms with E-state index >= 15 is 0 Å². The number of nitrogens with zero attached hydrogens (tertiary/aromatic N) is 1. The molecule has 0 aliphatic heterocycles. The first-order chi connectivity index (χ1) is 11.4. The maximum atomic E-state index is 12.0. The van der Waals surface area contributed by atoms with E-state index in [4.69, 9.17) is 4.74 Å². The number of anilines is 1. The first-order valence-electron chi connectivity index (χ1n) is 8.06. The number of hydrogen-bond acceptors (Lipinski definition) is 5. The predicted octanol–water partition coefficient (Wildman–Crippen LogP) is 1.41. The van der Waals surface area contributed by atoms with Crippen LogP contribution in [0.4, 0.5) is 5.69 Å². The van der Waals surface area contributed by atoms with Crippen molar-refractivity contribution in [2.24, 2.45) is 0 Å². The smallest absolute Gasteiger partial charge is 0.321 e. The fourth-order valence-corrected chi connectivity index (χ4v) is 2.12. The van der Waals surface area contributed by atoms with Crippen molar-refractivity contribution in [2.45, 2.75) is 25.8 Å². The summed E-state index contributed by atoms with van der Waals surface area (Å²) >= 11 is 0. The van der Waals surface area contributed by atoms with Gasteiger partial charge in [-0.05, 0) is 64.8 Å². The first kappa shape index (κ1) is 19.9. The molecule has 24 heavy (non-hydrogen) atoms. The van der Waals surface area contributed by atoms with Crippen LogP contribution in [-0.4, -0.2) is 61.7 Å². The molecule has 0 saturated carbocycles. The molecular formula is C17H27N3O4. The molecule has 0 radical (unpaired) electrons. The summed E-state index contributed by atoms with van der Waals surface area (Å²) in [5.41, 5.74) is 0.611. The third-order valence-electron chi connectivity index (χ3n) is 3.31. The maximum Gasteiger partial charge on any atom is 0.321 e. The van der Waals surface area contributed by atoms with E-state index < -0.39 is 12.0 Å². The van der Waals surface area contributed by atoms with Gasteiger partial charge in [0.1, 0.15) is 11.8 Å². The van der Waals surface area contributed by atoms with Gasteiger partial charge in [0, 0.05) is 5.69 Å². The summed E-state index contributed by atoms with van der Waals surface area (Å²) < 4.78 is 5.33. The molecule has 7 nitrogen and oxygen atoms in total. The van der Waals surface area contributed by atoms with Crippen LogP contribution in [0.3, 0.4) is 0 Å². The fourth-order valence-electron chi connectivity index (χ4n) is 2.12. The van der Waals surface area contributed by atoms with Gasteiger partial charge in [-0.1, -0.05) is 0 Å². The van der Waals surface area contributed by atoms with Gasteiger partial charge in [-0.15, -0.1) is 0 Å². The second-order valence-corrected chi connectivity index (χ2v) is 5.71. The average Bonchev–Trinajstić information content (AvgIpc) is 2.52. The number of carboxylic acid groups (broad SMARTS) is 1. The Morgan fingerprint density at radius 2 is 1.92 bits per heavy atom. The normalized spacial score (nSPS) is 12.0. The van der Waals surface area contributed by atoms with E-state index in [0.717, 1.165) is 18.7 Å². The zero-order valence-electron chi connectivity index (χ0n) is 14.5. The van der Waals surface area contributed by atoms with Gasteiger partial charge in [0.15, 0.2) is 0 Å². The van der Waals surface area contributed by atoms with Crippen molar-refractivity contribution in [1.29, 1.82) is 0 Å². The van der Waals surface area contributed by atoms with Crippen molar-refractivity contribution in [1.82, 2.24) is 10.2 Å². The lowest BCUT2D eigenvalue weighted by Crippen LogP contribution is -2.40. The second kappa shape index (κ2) is 10.6. The van der Waals surface area contributed by atoms with Crippen LogP contribution in [0.5, 0.6) is 5.75 Å². The van der Waals surface area contributed by atoms with E-state index in [1.807, 2.05) is 25.9 Å². The van der Waals surface area contributed by atoms with Crippen LogP contribution in [0.1, 0.15) is 19.8 Å². The Kier molecular flexibility index (Phi) is 8.81. The van der Waals surface area contributed by atoms with Crippen molar-refractivity contribution >= 4 is 17.6 Å². The standard InChI is InChI=1S/C17H27N3O4/c1-4-24-14-8-6-13(7-9-14)19-16(21)12-15(17(22)23)18-10-5-11-20(2)3/h6-9,15,18H,4-5,10-12H2,1-3H3,(H,19,21)(H,22,23). The number of benzene rings is 1. The van der Waals surface area contributed by atoms with Crippen LogP contribution >= 0.6 is 0 Å². The molecule has 0 bridgehead atoms. The van der Waals surface area contributed by atoms with E-state index in [1.165, 1.54) is 0 Å². The quantitative estimate of drug-likeness (QED) is 0.529. The Morgan fingerprint density at radius 3 is 2.46 bits per heavy atom. The summed E-state index contributed by atoms with van der Waals surface area (Å²) in [6.45, 7) is 3.88. The van der Waals surface area contributed by atoms with Crippen molar-refractivity contribution < 1.29 is 19.4 Å². The molecule has 3 N–H and O–H groups in total. The molecule has 1 aromatic carbocycles. The first-order valence-corrected chi connectivity index (χ1v) is 8.06. The number of aliphatic carboxylic acids is 1. The van der Waals surface area contributed by atoms with Crippen LogP contribution in [0.2, 0.25) is 0 Å². The number of rotatable bonds is 11. The number of carboxylic acids is 1. The van der Waals surface area contributed by atoms with Crippen LogP contribution in [0.15, 0.2) is 24.3 Å². The second-order valence-electron chi connectivity index (χ2n) is 5.71. The molecule has 134 valence electrons. The number of amides is 1. The van der Waals surface area contributed by atoms with Crippen LogP contribution in [-0.2, 0) is 9.59 Å². The molecule has 1 atom stereocenters. The molecule has 7 heteroatoms. The molecule has 0 saturated heterocycles. The highest BCUT2D eigenvalue weighted by Crippen LogP contribution is 2.15. The van der Waals surface area contributed by atoms with Gasteiger partial charge in [-0.2, -0.15) is 0 Å². The lowest BCUT2D eigenvalue weighted by Gasteiger charge is -2.15. The molecule has 0 fully saturated rings. The van der Waals surface area contributed by atoms with Gasteiger partial charge >= 0.3 is 5.97 Å². The molecule has 1 rings (SSSR count). The average molecular weight is 337 g/mol. The lowest BCUT2D eigenvalue weighted by atomic mass is 10.2. The van der Waals surface area contributed by atoms with Crippen LogP contribution in [0, 0.1) is 0 Å². The Balaban J connectivity index is 2.45. The summed E-state index contributed by atoms with van der Waals surface area (Å²) in [6.07, 6.45) is 0.696. The summed E-state index contributed by atoms with van der Waals surface area (Å²) in [5.74, 6) is -0.644. The summed E-state index contributed by atoms with van der Waals surface area (Å²) in [4.78, 5) is 25.3. The molecule has 1 amide bonds. The number of carbonyl (C=O) groups excluding carboxylic acids is 1. The predicted molar refractivity (Wildman–Crippen MR) is 93.5 cm³/mol. The number of hydrogen-bond donors (Lipinski definition) is 3. The zero-order chi connectivity index (χ0) is 17.9. The fraction of sp³-hybridized carbons (Fsp3) is 0.529. The molecule has 1 aromatic rings. The number of nitrogens with one attached hydrogen (secondary N) is 2. The highest BCUT2D eigenvalue weighted by molar-refractivity contribution is 5.94. The van der Waals surface area contributed by atoms with Gasteiger partial charge in [-0.25, -0.2) is 0 Å². The molecule has 0 aliphatic rings. The SMILES string of the molecule is CCOc1ccc(NC(=O)CC(NCCCN(C)C)C(=O)O)cc1. The Bertz CT molecular complexity index is 517. The Labute approximate surface area is 143 Å². The maximum absolute atomic E-state index is 12.0. The molecule has 0 aromatic heterocycles. The molecule has 0 heterocycles. The zero-order valence-corrected chi connectivity index (χ0v) is 14.5. The minimum absolute atomic E-state index is 0.121. The summed E-state index contributed by atoms with van der Waals surface area (Å²) in [7, 11) is 3.91. The van der Waals surface area contributed by atoms with Gasteiger partial charge in [-0.3, -0.25) is 9.59 Å². The van der Waals surface area contributed by atoms with Crippen LogP contribution in [0.25, 0.3) is 0 Å². The summed E-state index contributed by atoms with van der Waals surface area (Å²) in [5, 5.41) is 14.8. The van der Waals surface area contributed by atoms with Gasteiger partial charge in [0.25, 0.3) is 0 Å². The topological polar surface area (TPSA) is 90.9 Å². The molecule has 0 spiro atoms. The monoisotopic (exact) mass is 337 g/mol. The largest absolute Gasteiger partial charge is 0.494 e. The van der Waals surface area contributed by atoms with Gasteiger partial charge in [0.05, 0.1) is 13.0 Å². The van der Waals surface area contributed by atoms with Crippen molar-refractivity contribution in [2.75, 3.05) is 39.1 Å². The van der Waals surface area contributed by atoms with E-state index in [-0.39, 0.29) is 12.3 Å². The third-order valence-corrected chi connectivity index (χ3v) is 3.31. The van der Waals surface area contributed by atoms with Crippen molar-refractivity contribution in [3.63, 3.8) is 0 Å². The highest BCUT2D eigenvalue weighted by Gasteiger charge is 2.20. The minimum atomic E-state index is -1.03. The highest BCUT2D eigenvalue weighted by atomic mass is 16.5. The van der Waals surface area contributed by atoms with E-state index in [1.54, 1.807) is 24.3 Å². The van der Waals surface area contributed by atoms with E-state index in [9.17, 15) is 14.7 Å². The molecular weight excluding hydrogens is 310 g/mol. The summed E-state index contributed by atoms with van der Waals surface area (Å²) in [6, 6.07) is 6.07. The van der Waals surface area contributed by atoms with E-state index in [2.05, 4.69) is 10.6 Å². The lowest BCUT2D eigenvalue weighted by molar-refractivity contribution is -0.141. The van der Waals surface area contributed by atoms with Crippen LogP contribution < -0.4 is 15.4 Å². The Hall–Kier alpha value is -2.12. The van der Waals surface area contributed by atoms with E-state index in [0.29, 0.717) is 18.8 Å². The van der Waals surface area contributed by atoms with Crippen molar-refractivity contribution in [3.8, 4) is 5.75 Å². The van der Waals surface area contributed by atoms with Gasteiger partial charge < -0.3 is 25.4 Å². The molecule has 1 unspecified atom stereocenters. The third kappa shape index (κ3) is 7.94. The van der Waals surface area contributed by atoms with Crippen molar-refractivity contribution in [3.05, 3.63) is 24.3 Å². The number of ether oxygens (including phenoxy) is 1.